The van der Waals surface area contributed by atoms with E-state index in [4.69, 9.17) is 18.9 Å². The fourth-order valence-electron chi connectivity index (χ4n) is 3.55. The van der Waals surface area contributed by atoms with Gasteiger partial charge in [0, 0.05) is 33.2 Å². The van der Waals surface area contributed by atoms with E-state index in [1.165, 1.54) is 0 Å². The molecule has 0 saturated carbocycles. The van der Waals surface area contributed by atoms with Gasteiger partial charge in [-0.25, -0.2) is 0 Å². The largest absolute Gasteiger partial charge is 0.493 e. The minimum absolute atomic E-state index is 0.00599. The molecule has 32 heavy (non-hydrogen) atoms. The number of hydrogen-bond acceptors (Lipinski definition) is 6. The van der Waals surface area contributed by atoms with Crippen LogP contribution < -0.4 is 18.9 Å². The van der Waals surface area contributed by atoms with Crippen LogP contribution in [0, 0.1) is 0 Å². The Morgan fingerprint density at radius 3 is 1.41 bits per heavy atom. The number of methoxy groups -OCH3 is 4. The summed E-state index contributed by atoms with van der Waals surface area (Å²) in [7, 11) is 8.34. The molecule has 1 fully saturated rings. The van der Waals surface area contributed by atoms with Gasteiger partial charge in [0.2, 0.25) is 0 Å². The lowest BCUT2D eigenvalue weighted by Crippen LogP contribution is -2.34. The van der Waals surface area contributed by atoms with Crippen molar-refractivity contribution in [2.75, 3.05) is 48.6 Å². The third kappa shape index (κ3) is 5.19. The van der Waals surface area contributed by atoms with E-state index < -0.39 is 0 Å². The van der Waals surface area contributed by atoms with Gasteiger partial charge in [-0.2, -0.15) is 0 Å². The highest BCUT2D eigenvalue weighted by molar-refractivity contribution is 9.10. The van der Waals surface area contributed by atoms with E-state index in [9.17, 15) is 4.79 Å². The van der Waals surface area contributed by atoms with Gasteiger partial charge in [0.15, 0.2) is 28.8 Å². The number of benzene rings is 2. The Hall–Kier alpha value is -2.29. The molecule has 1 saturated heterocycles. The second-order valence-corrected chi connectivity index (χ2v) is 9.01. The van der Waals surface area contributed by atoms with Crippen LogP contribution in [0.5, 0.6) is 23.0 Å². The molecule has 0 spiro atoms. The van der Waals surface area contributed by atoms with E-state index in [0.29, 0.717) is 47.2 Å². The number of halogens is 2. The highest BCUT2D eigenvalue weighted by Crippen LogP contribution is 2.36. The van der Waals surface area contributed by atoms with Crippen LogP contribution in [0.15, 0.2) is 44.4 Å². The van der Waals surface area contributed by atoms with Crippen LogP contribution in [-0.4, -0.2) is 59.3 Å². The van der Waals surface area contributed by atoms with Crippen molar-refractivity contribution in [3.05, 3.63) is 55.5 Å². The summed E-state index contributed by atoms with van der Waals surface area (Å²) in [4.78, 5) is 15.5. The maximum Gasteiger partial charge on any atom is 0.187 e. The molecule has 1 aliphatic rings. The lowest BCUT2D eigenvalue weighted by Gasteiger charge is -2.26. The molecule has 6 nitrogen and oxygen atoms in total. The van der Waals surface area contributed by atoms with Gasteiger partial charge in [-0.15, -0.1) is 0 Å². The summed E-state index contributed by atoms with van der Waals surface area (Å²) in [5.74, 6) is 2.44. The third-order valence-corrected chi connectivity index (χ3v) is 6.50. The van der Waals surface area contributed by atoms with Crippen molar-refractivity contribution in [1.29, 1.82) is 0 Å². The zero-order valence-corrected chi connectivity index (χ0v) is 21.8. The zero-order chi connectivity index (χ0) is 23.4. The van der Waals surface area contributed by atoms with Crippen LogP contribution in [0.25, 0.3) is 12.2 Å². The summed E-state index contributed by atoms with van der Waals surface area (Å²) in [6.45, 7) is 1.09. The van der Waals surface area contributed by atoms with Crippen LogP contribution in [0.3, 0.4) is 0 Å². The fourth-order valence-corrected chi connectivity index (χ4v) is 4.42. The highest BCUT2D eigenvalue weighted by atomic mass is 79.9. The Labute approximate surface area is 205 Å². The molecule has 0 unspecified atom stereocenters. The van der Waals surface area contributed by atoms with Crippen molar-refractivity contribution in [3.8, 4) is 23.0 Å². The molecule has 2 aromatic carbocycles. The molecule has 0 radical (unpaired) electrons. The van der Waals surface area contributed by atoms with Gasteiger partial charge in [0.25, 0.3) is 0 Å². The van der Waals surface area contributed by atoms with E-state index >= 15 is 0 Å². The van der Waals surface area contributed by atoms with Crippen molar-refractivity contribution in [3.63, 3.8) is 0 Å². The van der Waals surface area contributed by atoms with Crippen molar-refractivity contribution in [1.82, 2.24) is 4.90 Å². The molecule has 1 heterocycles. The van der Waals surface area contributed by atoms with Gasteiger partial charge in [-0.05, 0) is 54.6 Å². The highest BCUT2D eigenvalue weighted by Gasteiger charge is 2.25. The average molecular weight is 567 g/mol. The number of Topliss-reactive ketones (excluding diaryl/α,β-unsaturated/α-hetero) is 1. The Bertz CT molecular complexity index is 1010. The molecule has 0 N–H and O–H groups in total. The van der Waals surface area contributed by atoms with Crippen molar-refractivity contribution in [2.45, 2.75) is 0 Å². The second-order valence-electron chi connectivity index (χ2n) is 7.30. The van der Waals surface area contributed by atoms with Crippen molar-refractivity contribution >= 4 is 49.8 Å². The number of piperidine rings is 1. The van der Waals surface area contributed by atoms with Gasteiger partial charge in [0.05, 0.1) is 28.4 Å². The Morgan fingerprint density at radius 2 is 1.06 bits per heavy atom. The van der Waals surface area contributed by atoms with Crippen molar-refractivity contribution in [2.24, 2.45) is 0 Å². The monoisotopic (exact) mass is 565 g/mol. The van der Waals surface area contributed by atoms with Crippen LogP contribution in [0.2, 0.25) is 0 Å². The summed E-state index contributed by atoms with van der Waals surface area (Å²) < 4.78 is 23.2. The Morgan fingerprint density at radius 1 is 0.719 bits per heavy atom. The van der Waals surface area contributed by atoms with Gasteiger partial charge in [0.1, 0.15) is 0 Å². The summed E-state index contributed by atoms with van der Waals surface area (Å²) in [6.07, 6.45) is 3.78. The summed E-state index contributed by atoms with van der Waals surface area (Å²) in [6, 6.07) is 7.37. The smallest absolute Gasteiger partial charge is 0.187 e. The molecule has 1 aliphatic heterocycles. The number of hydrogen-bond donors (Lipinski definition) is 0. The lowest BCUT2D eigenvalue weighted by atomic mass is 9.94. The van der Waals surface area contributed by atoms with Crippen LogP contribution in [0.4, 0.5) is 0 Å². The molecule has 8 heteroatoms. The minimum Gasteiger partial charge on any atom is -0.493 e. The molecule has 0 bridgehead atoms. The number of rotatable bonds is 6. The third-order valence-electron chi connectivity index (χ3n) is 5.13. The van der Waals surface area contributed by atoms with Crippen LogP contribution in [0.1, 0.15) is 11.1 Å². The number of carbonyl (C=O) groups is 1. The van der Waals surface area contributed by atoms with E-state index in [2.05, 4.69) is 36.8 Å². The number of likely N-dealkylation sites (N-methyl/N-ethyl adjacent to an activating group) is 1. The van der Waals surface area contributed by atoms with Gasteiger partial charge in [-0.3, -0.25) is 9.69 Å². The molecule has 2 aromatic rings. The molecular formula is C24H25Br2NO5. The van der Waals surface area contributed by atoms with Gasteiger partial charge >= 0.3 is 0 Å². The van der Waals surface area contributed by atoms with Gasteiger partial charge < -0.3 is 18.9 Å². The zero-order valence-electron chi connectivity index (χ0n) is 18.6. The standard InChI is InChI=1S/C24H25Br2NO5/c1-27-12-16(6-14-8-20(29-2)22(31-4)10-18(14)25)24(28)17(13-27)7-15-9-21(30-3)23(32-5)11-19(15)26/h6-11H,12-13H2,1-5H3. The Kier molecular flexibility index (Phi) is 8.03. The molecule has 0 atom stereocenters. The fraction of sp³-hybridized carbons (Fsp3) is 0.292. The molecule has 0 aliphatic carbocycles. The molecular weight excluding hydrogens is 542 g/mol. The number of likely N-dealkylation sites (tertiary alicyclic amines) is 1. The first-order chi connectivity index (χ1) is 15.3. The number of ketones is 1. The number of nitrogens with zero attached hydrogens (tertiary/aromatic N) is 1. The number of carbonyl (C=O) groups excluding carboxylic acids is 1. The Balaban J connectivity index is 2.02. The first kappa shape index (κ1) is 24.4. The van der Waals surface area contributed by atoms with Crippen molar-refractivity contribution < 1.29 is 23.7 Å². The molecule has 0 aromatic heterocycles. The van der Waals surface area contributed by atoms with E-state index in [1.807, 2.05) is 43.5 Å². The maximum atomic E-state index is 13.4. The predicted molar refractivity (Wildman–Crippen MR) is 133 cm³/mol. The van der Waals surface area contributed by atoms with Gasteiger partial charge in [-0.1, -0.05) is 31.9 Å². The lowest BCUT2D eigenvalue weighted by molar-refractivity contribution is -0.113. The maximum absolute atomic E-state index is 13.4. The van der Waals surface area contributed by atoms with E-state index in [0.717, 1.165) is 20.1 Å². The van der Waals surface area contributed by atoms with E-state index in [1.54, 1.807) is 28.4 Å². The summed E-state index contributed by atoms with van der Waals surface area (Å²) in [5, 5.41) is 0. The van der Waals surface area contributed by atoms with Crippen LogP contribution >= 0.6 is 31.9 Å². The van der Waals surface area contributed by atoms with E-state index in [-0.39, 0.29) is 5.78 Å². The summed E-state index contributed by atoms with van der Waals surface area (Å²) >= 11 is 7.14. The topological polar surface area (TPSA) is 57.2 Å². The second kappa shape index (κ2) is 10.6. The molecule has 3 rings (SSSR count). The predicted octanol–water partition coefficient (Wildman–Crippen LogP) is 5.23. The normalized spacial score (nSPS) is 17.0. The SMILES string of the molecule is COc1cc(Br)c(C=C2CN(C)CC(=Cc3cc(OC)c(OC)cc3Br)C2=O)cc1OC. The first-order valence-corrected chi connectivity index (χ1v) is 11.4. The van der Waals surface area contributed by atoms with Crippen LogP contribution in [-0.2, 0) is 4.79 Å². The number of ether oxygens (including phenoxy) is 4. The quantitative estimate of drug-likeness (QED) is 0.446. The molecule has 170 valence electrons. The first-order valence-electron chi connectivity index (χ1n) is 9.78. The minimum atomic E-state index is 0.00599. The summed E-state index contributed by atoms with van der Waals surface area (Å²) in [5.41, 5.74) is 3.06. The average Bonchev–Trinajstić information content (AvgIpc) is 2.78. The molecule has 0 amide bonds.